The first-order valence-electron chi connectivity index (χ1n) is 9.63. The van der Waals surface area contributed by atoms with Gasteiger partial charge in [0.15, 0.2) is 6.61 Å². The average molecular weight is 378 g/mol. The maximum absolute atomic E-state index is 12.8. The van der Waals surface area contributed by atoms with E-state index in [0.717, 1.165) is 32.1 Å². The Morgan fingerprint density at radius 2 is 1.68 bits per heavy atom. The van der Waals surface area contributed by atoms with E-state index in [1.165, 1.54) is 4.90 Å². The van der Waals surface area contributed by atoms with E-state index < -0.39 is 0 Å². The van der Waals surface area contributed by atoms with E-state index in [2.05, 4.69) is 5.32 Å². The predicted octanol–water partition coefficient (Wildman–Crippen LogP) is 3.63. The monoisotopic (exact) mass is 378 g/mol. The summed E-state index contributed by atoms with van der Waals surface area (Å²) in [5.41, 5.74) is 1.25. The molecule has 1 saturated carbocycles. The molecule has 2 aromatic rings. The number of nitrogens with one attached hydrogen (secondary N) is 1. The topological polar surface area (TPSA) is 75.7 Å². The molecule has 144 valence electrons. The Hall–Kier alpha value is -3.15. The van der Waals surface area contributed by atoms with E-state index in [1.54, 1.807) is 30.3 Å². The lowest BCUT2D eigenvalue weighted by Gasteiger charge is -2.29. The molecule has 0 radical (unpaired) electrons. The molecule has 0 atom stereocenters. The van der Waals surface area contributed by atoms with Crippen LogP contribution in [0, 0.1) is 0 Å². The minimum absolute atomic E-state index is 0.0153. The lowest BCUT2D eigenvalue weighted by molar-refractivity contribution is -0.118. The second kappa shape index (κ2) is 7.84. The van der Waals surface area contributed by atoms with Gasteiger partial charge in [0.2, 0.25) is 0 Å². The first kappa shape index (κ1) is 18.2. The molecule has 1 heterocycles. The maximum atomic E-state index is 12.8. The number of carbonyl (C=O) groups excluding carboxylic acids is 3. The predicted molar refractivity (Wildman–Crippen MR) is 104 cm³/mol. The summed E-state index contributed by atoms with van der Waals surface area (Å²) in [5.74, 6) is -0.207. The largest absolute Gasteiger partial charge is 0.484 e. The molecule has 6 nitrogen and oxygen atoms in total. The quantitative estimate of drug-likeness (QED) is 0.806. The SMILES string of the molecule is O=C(COc1ccccc1)Nc1ccc2c(c1)C(=O)N(C1CCCCC1)C2=O. The minimum Gasteiger partial charge on any atom is -0.484 e. The van der Waals surface area contributed by atoms with Crippen LogP contribution < -0.4 is 10.1 Å². The van der Waals surface area contributed by atoms with Crippen LogP contribution in [-0.2, 0) is 4.79 Å². The van der Waals surface area contributed by atoms with Crippen molar-refractivity contribution in [1.29, 1.82) is 0 Å². The third-order valence-electron chi connectivity index (χ3n) is 5.25. The molecule has 0 spiro atoms. The highest BCUT2D eigenvalue weighted by Crippen LogP contribution is 2.32. The van der Waals surface area contributed by atoms with Gasteiger partial charge in [0, 0.05) is 11.7 Å². The van der Waals surface area contributed by atoms with Gasteiger partial charge in [-0.1, -0.05) is 37.5 Å². The Balaban J connectivity index is 1.43. The number of hydrogen-bond donors (Lipinski definition) is 1. The van der Waals surface area contributed by atoms with Crippen LogP contribution in [0.3, 0.4) is 0 Å². The molecular weight excluding hydrogens is 356 g/mol. The van der Waals surface area contributed by atoms with Gasteiger partial charge in [-0.15, -0.1) is 0 Å². The summed E-state index contributed by atoms with van der Waals surface area (Å²) >= 11 is 0. The molecule has 6 heteroatoms. The van der Waals surface area contributed by atoms with Crippen LogP contribution in [0.4, 0.5) is 5.69 Å². The number of amides is 3. The summed E-state index contributed by atoms with van der Waals surface area (Å²) in [6.45, 7) is -0.137. The van der Waals surface area contributed by atoms with E-state index >= 15 is 0 Å². The summed E-state index contributed by atoms with van der Waals surface area (Å²) in [6, 6.07) is 13.9. The number of hydrogen-bond acceptors (Lipinski definition) is 4. The smallest absolute Gasteiger partial charge is 0.262 e. The van der Waals surface area contributed by atoms with Crippen LogP contribution in [-0.4, -0.2) is 35.3 Å². The molecule has 1 fully saturated rings. The van der Waals surface area contributed by atoms with Gasteiger partial charge in [0.05, 0.1) is 11.1 Å². The lowest BCUT2D eigenvalue weighted by Crippen LogP contribution is -2.40. The Labute approximate surface area is 163 Å². The molecule has 1 aliphatic carbocycles. The second-order valence-electron chi connectivity index (χ2n) is 7.18. The zero-order valence-electron chi connectivity index (χ0n) is 15.5. The van der Waals surface area contributed by atoms with E-state index in [0.29, 0.717) is 22.6 Å². The Kier molecular flexibility index (Phi) is 5.10. The van der Waals surface area contributed by atoms with Crippen LogP contribution >= 0.6 is 0 Å². The number of nitrogens with zero attached hydrogens (tertiary/aromatic N) is 1. The first-order chi connectivity index (χ1) is 13.6. The van der Waals surface area contributed by atoms with E-state index in [-0.39, 0.29) is 30.4 Å². The van der Waals surface area contributed by atoms with Crippen molar-refractivity contribution in [2.75, 3.05) is 11.9 Å². The molecule has 4 rings (SSSR count). The molecule has 0 aromatic heterocycles. The zero-order chi connectivity index (χ0) is 19.5. The van der Waals surface area contributed by atoms with Crippen molar-refractivity contribution in [2.24, 2.45) is 0 Å². The summed E-state index contributed by atoms with van der Waals surface area (Å²) in [4.78, 5) is 39.1. The van der Waals surface area contributed by atoms with Crippen LogP contribution in [0.1, 0.15) is 52.8 Å². The highest BCUT2D eigenvalue weighted by Gasteiger charge is 2.40. The fraction of sp³-hybridized carbons (Fsp3) is 0.318. The maximum Gasteiger partial charge on any atom is 0.262 e. The molecular formula is C22H22N2O4. The number of para-hydroxylation sites is 1. The van der Waals surface area contributed by atoms with Gasteiger partial charge in [-0.2, -0.15) is 0 Å². The Morgan fingerprint density at radius 3 is 2.43 bits per heavy atom. The van der Waals surface area contributed by atoms with E-state index in [4.69, 9.17) is 4.74 Å². The minimum atomic E-state index is -0.329. The fourth-order valence-electron chi connectivity index (χ4n) is 3.87. The molecule has 0 unspecified atom stereocenters. The molecule has 2 aromatic carbocycles. The molecule has 1 aliphatic heterocycles. The number of anilines is 1. The molecule has 0 saturated heterocycles. The first-order valence-corrected chi connectivity index (χ1v) is 9.63. The van der Waals surface area contributed by atoms with Crippen LogP contribution in [0.5, 0.6) is 5.75 Å². The van der Waals surface area contributed by atoms with Gasteiger partial charge in [-0.25, -0.2) is 0 Å². The highest BCUT2D eigenvalue weighted by molar-refractivity contribution is 6.22. The Bertz CT molecular complexity index is 904. The number of ether oxygens (including phenoxy) is 1. The molecule has 1 N–H and O–H groups in total. The number of imide groups is 1. The van der Waals surface area contributed by atoms with E-state index in [1.807, 2.05) is 18.2 Å². The van der Waals surface area contributed by atoms with Gasteiger partial charge in [0.1, 0.15) is 5.75 Å². The lowest BCUT2D eigenvalue weighted by atomic mass is 9.94. The summed E-state index contributed by atoms with van der Waals surface area (Å²) in [7, 11) is 0. The molecule has 0 bridgehead atoms. The summed E-state index contributed by atoms with van der Waals surface area (Å²) in [5, 5.41) is 2.73. The molecule has 2 aliphatic rings. The van der Waals surface area contributed by atoms with Crippen LogP contribution in [0.15, 0.2) is 48.5 Å². The number of benzene rings is 2. The highest BCUT2D eigenvalue weighted by atomic mass is 16.5. The van der Waals surface area contributed by atoms with Gasteiger partial charge >= 0.3 is 0 Å². The van der Waals surface area contributed by atoms with Crippen LogP contribution in [0.25, 0.3) is 0 Å². The van der Waals surface area contributed by atoms with Crippen LogP contribution in [0.2, 0.25) is 0 Å². The zero-order valence-corrected chi connectivity index (χ0v) is 15.5. The van der Waals surface area contributed by atoms with Crippen molar-refractivity contribution >= 4 is 23.4 Å². The number of carbonyl (C=O) groups is 3. The number of fused-ring (bicyclic) bond motifs is 1. The van der Waals surface area contributed by atoms with Gasteiger partial charge in [0.25, 0.3) is 17.7 Å². The average Bonchev–Trinajstić information content (AvgIpc) is 2.98. The molecule has 28 heavy (non-hydrogen) atoms. The van der Waals surface area contributed by atoms with Gasteiger partial charge in [-0.3, -0.25) is 19.3 Å². The molecule has 3 amide bonds. The van der Waals surface area contributed by atoms with Crippen molar-refractivity contribution in [3.05, 3.63) is 59.7 Å². The van der Waals surface area contributed by atoms with Crippen molar-refractivity contribution in [1.82, 2.24) is 4.90 Å². The normalized spacial score (nSPS) is 16.8. The number of rotatable bonds is 5. The van der Waals surface area contributed by atoms with Crippen molar-refractivity contribution in [3.63, 3.8) is 0 Å². The summed E-state index contributed by atoms with van der Waals surface area (Å²) < 4.78 is 5.43. The third-order valence-corrected chi connectivity index (χ3v) is 5.25. The van der Waals surface area contributed by atoms with Gasteiger partial charge < -0.3 is 10.1 Å². The van der Waals surface area contributed by atoms with Crippen molar-refractivity contribution in [3.8, 4) is 5.75 Å². The third kappa shape index (κ3) is 3.63. The van der Waals surface area contributed by atoms with E-state index in [9.17, 15) is 14.4 Å². The Morgan fingerprint density at radius 1 is 0.964 bits per heavy atom. The van der Waals surface area contributed by atoms with Gasteiger partial charge in [-0.05, 0) is 43.2 Å². The van der Waals surface area contributed by atoms with Crippen molar-refractivity contribution in [2.45, 2.75) is 38.1 Å². The fourth-order valence-corrected chi connectivity index (χ4v) is 3.87. The summed E-state index contributed by atoms with van der Waals surface area (Å²) in [6.07, 6.45) is 4.97. The van der Waals surface area contributed by atoms with Crippen molar-refractivity contribution < 1.29 is 19.1 Å². The second-order valence-corrected chi connectivity index (χ2v) is 7.18. The standard InChI is InChI=1S/C22H22N2O4/c25-20(14-28-17-9-5-2-6-10-17)23-15-11-12-18-19(13-15)22(27)24(21(18)26)16-7-3-1-4-8-16/h2,5-6,9-13,16H,1,3-4,7-8,14H2,(H,23,25).